The third kappa shape index (κ3) is 1.44. The Morgan fingerprint density at radius 2 is 2.07 bits per heavy atom. The normalized spacial score (nSPS) is 29.5. The molecule has 0 amide bonds. The average molecular weight is 230 g/mol. The van der Waals surface area contributed by atoms with E-state index in [1.807, 2.05) is 0 Å². The first-order chi connectivity index (χ1) is 6.85. The Morgan fingerprint density at radius 1 is 1.40 bits per heavy atom. The standard InChI is InChI=1S/C8H6O6S/c9-6-3-4-8(14-15(11,12)13)5(6)1-2-7(8)10/h1,3-4H,2H2,(H,11,12,13). The maximum atomic E-state index is 11.4. The zero-order valence-electron chi connectivity index (χ0n) is 7.34. The summed E-state index contributed by atoms with van der Waals surface area (Å²) in [5.74, 6) is -1.07. The Morgan fingerprint density at radius 3 is 2.67 bits per heavy atom. The van der Waals surface area contributed by atoms with Gasteiger partial charge in [-0.2, -0.15) is 8.42 Å². The van der Waals surface area contributed by atoms with E-state index in [9.17, 15) is 18.0 Å². The van der Waals surface area contributed by atoms with Crippen LogP contribution in [0.5, 0.6) is 0 Å². The Balaban J connectivity index is 2.50. The Labute approximate surface area is 85.2 Å². The van der Waals surface area contributed by atoms with Crippen molar-refractivity contribution in [3.63, 3.8) is 0 Å². The van der Waals surface area contributed by atoms with E-state index in [0.717, 1.165) is 12.2 Å². The van der Waals surface area contributed by atoms with Crippen LogP contribution in [0.1, 0.15) is 6.42 Å². The van der Waals surface area contributed by atoms with E-state index >= 15 is 0 Å². The monoisotopic (exact) mass is 230 g/mol. The minimum absolute atomic E-state index is 0.0508. The van der Waals surface area contributed by atoms with Crippen molar-refractivity contribution in [3.8, 4) is 0 Å². The van der Waals surface area contributed by atoms with Crippen LogP contribution in [0, 0.1) is 0 Å². The summed E-state index contributed by atoms with van der Waals surface area (Å²) in [5.41, 5.74) is -1.98. The van der Waals surface area contributed by atoms with Crippen molar-refractivity contribution in [1.82, 2.24) is 0 Å². The molecule has 0 saturated heterocycles. The van der Waals surface area contributed by atoms with E-state index in [2.05, 4.69) is 4.18 Å². The molecule has 0 heterocycles. The van der Waals surface area contributed by atoms with Crippen molar-refractivity contribution in [1.29, 1.82) is 0 Å². The van der Waals surface area contributed by atoms with Gasteiger partial charge >= 0.3 is 10.4 Å². The SMILES string of the molecule is O=C1C=CC2(OS(=O)(=O)O)C(=O)CC=C12. The molecule has 1 N–H and O–H groups in total. The minimum Gasteiger partial charge on any atom is -0.295 e. The molecule has 0 aromatic rings. The molecule has 0 radical (unpaired) electrons. The van der Waals surface area contributed by atoms with E-state index in [1.165, 1.54) is 6.08 Å². The first-order valence-electron chi connectivity index (χ1n) is 4.01. The summed E-state index contributed by atoms with van der Waals surface area (Å²) < 4.78 is 34.0. The number of allylic oxidation sites excluding steroid dienone is 2. The molecular formula is C8H6O6S. The van der Waals surface area contributed by atoms with E-state index < -0.39 is 27.6 Å². The van der Waals surface area contributed by atoms with Gasteiger partial charge in [0.05, 0.1) is 0 Å². The second-order valence-corrected chi connectivity index (χ2v) is 4.21. The lowest BCUT2D eigenvalue weighted by Crippen LogP contribution is -2.39. The zero-order valence-corrected chi connectivity index (χ0v) is 8.15. The summed E-state index contributed by atoms with van der Waals surface area (Å²) in [6.45, 7) is 0. The summed E-state index contributed by atoms with van der Waals surface area (Å²) in [7, 11) is -4.79. The highest BCUT2D eigenvalue weighted by molar-refractivity contribution is 7.81. The average Bonchev–Trinajstić information content (AvgIpc) is 2.53. The van der Waals surface area contributed by atoms with Gasteiger partial charge in [-0.1, -0.05) is 6.08 Å². The molecule has 7 heteroatoms. The van der Waals surface area contributed by atoms with Crippen LogP contribution in [0.4, 0.5) is 0 Å². The molecule has 0 bridgehead atoms. The molecule has 2 aliphatic carbocycles. The Kier molecular flexibility index (Phi) is 1.94. The number of hydrogen-bond donors (Lipinski definition) is 1. The third-order valence-corrected chi connectivity index (χ3v) is 2.75. The second kappa shape index (κ2) is 2.84. The highest BCUT2D eigenvalue weighted by atomic mass is 32.3. The number of hydrogen-bond acceptors (Lipinski definition) is 5. The van der Waals surface area contributed by atoms with Gasteiger partial charge in [0.2, 0.25) is 0 Å². The Bertz CT molecular complexity index is 511. The summed E-state index contributed by atoms with van der Waals surface area (Å²) in [6, 6.07) is 0. The van der Waals surface area contributed by atoms with Crippen molar-refractivity contribution in [2.75, 3.05) is 0 Å². The van der Waals surface area contributed by atoms with E-state index in [0.29, 0.717) is 0 Å². The highest BCUT2D eigenvalue weighted by Crippen LogP contribution is 2.38. The number of Topliss-reactive ketones (excluding diaryl/α,β-unsaturated/α-hetero) is 1. The molecule has 0 spiro atoms. The number of ketones is 2. The molecule has 6 nitrogen and oxygen atoms in total. The molecule has 1 atom stereocenters. The minimum atomic E-state index is -4.79. The molecule has 1 unspecified atom stereocenters. The highest BCUT2D eigenvalue weighted by Gasteiger charge is 2.52. The molecule has 80 valence electrons. The smallest absolute Gasteiger partial charge is 0.295 e. The quantitative estimate of drug-likeness (QED) is 0.647. The fourth-order valence-corrected chi connectivity index (χ4v) is 2.25. The molecule has 0 saturated carbocycles. The van der Waals surface area contributed by atoms with Gasteiger partial charge in [-0.05, 0) is 12.2 Å². The van der Waals surface area contributed by atoms with Gasteiger partial charge in [0.25, 0.3) is 0 Å². The molecule has 15 heavy (non-hydrogen) atoms. The van der Waals surface area contributed by atoms with Crippen LogP contribution in [0.3, 0.4) is 0 Å². The van der Waals surface area contributed by atoms with Crippen LogP contribution >= 0.6 is 0 Å². The molecule has 2 rings (SSSR count). The molecule has 0 aromatic heterocycles. The van der Waals surface area contributed by atoms with Crippen LogP contribution in [0.25, 0.3) is 0 Å². The van der Waals surface area contributed by atoms with Crippen molar-refractivity contribution in [2.24, 2.45) is 0 Å². The van der Waals surface area contributed by atoms with Crippen LogP contribution in [0.2, 0.25) is 0 Å². The van der Waals surface area contributed by atoms with Crippen molar-refractivity contribution >= 4 is 22.0 Å². The lowest BCUT2D eigenvalue weighted by atomic mass is 9.98. The van der Waals surface area contributed by atoms with Crippen LogP contribution in [-0.2, 0) is 24.2 Å². The fraction of sp³-hybridized carbons (Fsp3) is 0.250. The summed E-state index contributed by atoms with van der Waals surface area (Å²) >= 11 is 0. The van der Waals surface area contributed by atoms with Gasteiger partial charge in [0.15, 0.2) is 17.2 Å². The first-order valence-corrected chi connectivity index (χ1v) is 5.37. The topological polar surface area (TPSA) is 97.7 Å². The largest absolute Gasteiger partial charge is 0.398 e. The van der Waals surface area contributed by atoms with Gasteiger partial charge in [-0.25, -0.2) is 4.18 Å². The lowest BCUT2D eigenvalue weighted by molar-refractivity contribution is -0.127. The molecule has 0 aromatic carbocycles. The van der Waals surface area contributed by atoms with E-state index in [-0.39, 0.29) is 12.0 Å². The lowest BCUT2D eigenvalue weighted by Gasteiger charge is -2.19. The van der Waals surface area contributed by atoms with Gasteiger partial charge in [0.1, 0.15) is 0 Å². The third-order valence-electron chi connectivity index (χ3n) is 2.28. The van der Waals surface area contributed by atoms with Gasteiger partial charge < -0.3 is 0 Å². The van der Waals surface area contributed by atoms with E-state index in [1.54, 1.807) is 0 Å². The fourth-order valence-electron chi connectivity index (χ4n) is 1.68. The van der Waals surface area contributed by atoms with Crippen LogP contribution < -0.4 is 0 Å². The summed E-state index contributed by atoms with van der Waals surface area (Å²) in [4.78, 5) is 22.7. The van der Waals surface area contributed by atoms with Crippen molar-refractivity contribution < 1.29 is 26.7 Å². The summed E-state index contributed by atoms with van der Waals surface area (Å²) in [6.07, 6.45) is 3.31. The number of fused-ring (bicyclic) bond motifs is 1. The number of carbonyl (C=O) groups is 2. The molecular weight excluding hydrogens is 224 g/mol. The van der Waals surface area contributed by atoms with Crippen molar-refractivity contribution in [3.05, 3.63) is 23.8 Å². The molecule has 0 fully saturated rings. The maximum absolute atomic E-state index is 11.4. The zero-order chi connectivity index (χ0) is 11.3. The number of carbonyl (C=O) groups excluding carboxylic acids is 2. The van der Waals surface area contributed by atoms with Crippen LogP contribution in [-0.4, -0.2) is 30.1 Å². The first kappa shape index (κ1) is 10.2. The Hall–Kier alpha value is -1.31. The van der Waals surface area contributed by atoms with E-state index in [4.69, 9.17) is 4.55 Å². The maximum Gasteiger partial charge on any atom is 0.398 e. The predicted molar refractivity (Wildman–Crippen MR) is 47.2 cm³/mol. The van der Waals surface area contributed by atoms with Crippen molar-refractivity contribution in [2.45, 2.75) is 12.0 Å². The second-order valence-electron chi connectivity index (χ2n) is 3.19. The number of rotatable bonds is 2. The van der Waals surface area contributed by atoms with Gasteiger partial charge in [-0.15, -0.1) is 0 Å². The van der Waals surface area contributed by atoms with Gasteiger partial charge in [-0.3, -0.25) is 14.1 Å². The van der Waals surface area contributed by atoms with Gasteiger partial charge in [0, 0.05) is 12.0 Å². The molecule has 0 aliphatic heterocycles. The predicted octanol–water partition coefficient (Wildman–Crippen LogP) is -0.417. The summed E-state index contributed by atoms with van der Waals surface area (Å²) in [5, 5.41) is 0. The van der Waals surface area contributed by atoms with Crippen LogP contribution in [0.15, 0.2) is 23.8 Å². The molecule has 2 aliphatic rings.